The normalized spacial score (nSPS) is 25.1. The van der Waals surface area contributed by atoms with E-state index in [0.29, 0.717) is 12.5 Å². The van der Waals surface area contributed by atoms with Gasteiger partial charge in [-0.1, -0.05) is 24.6 Å². The molecule has 122 valence electrons. The van der Waals surface area contributed by atoms with Crippen LogP contribution in [0, 0.1) is 5.41 Å². The quantitative estimate of drug-likeness (QED) is 0.891. The fourth-order valence-electron chi connectivity index (χ4n) is 4.20. The summed E-state index contributed by atoms with van der Waals surface area (Å²) in [5.74, 6) is 0.0747. The van der Waals surface area contributed by atoms with Crippen LogP contribution in [-0.2, 0) is 16.0 Å². The number of carbonyl (C=O) groups is 1. The van der Waals surface area contributed by atoms with Gasteiger partial charge in [-0.2, -0.15) is 5.10 Å². The van der Waals surface area contributed by atoms with Gasteiger partial charge in [0.05, 0.1) is 23.7 Å². The van der Waals surface area contributed by atoms with Gasteiger partial charge in [0.1, 0.15) is 0 Å². The maximum absolute atomic E-state index is 12.4. The molecule has 2 aliphatic carbocycles. The van der Waals surface area contributed by atoms with Crippen molar-refractivity contribution in [3.05, 3.63) is 30.0 Å². The minimum atomic E-state index is 0.0747. The van der Waals surface area contributed by atoms with Crippen LogP contribution in [0.1, 0.15) is 38.3 Å². The molecule has 5 nitrogen and oxygen atoms in total. The monoisotopic (exact) mass is 313 g/mol. The maximum atomic E-state index is 12.4. The lowest BCUT2D eigenvalue weighted by Crippen LogP contribution is -2.67. The first-order valence-electron chi connectivity index (χ1n) is 8.56. The summed E-state index contributed by atoms with van der Waals surface area (Å²) in [4.78, 5) is 12.4. The van der Waals surface area contributed by atoms with Gasteiger partial charge in [-0.3, -0.25) is 9.89 Å². The average Bonchev–Trinajstić information content (AvgIpc) is 2.88. The lowest BCUT2D eigenvalue weighted by molar-refractivity contribution is -0.175. The smallest absolute Gasteiger partial charge is 0.226 e. The van der Waals surface area contributed by atoms with Gasteiger partial charge in [0.2, 0.25) is 5.91 Å². The molecular weight excluding hydrogens is 290 g/mol. The van der Waals surface area contributed by atoms with Crippen molar-refractivity contribution in [1.82, 2.24) is 15.5 Å². The highest BCUT2D eigenvalue weighted by atomic mass is 16.5. The Morgan fingerprint density at radius 3 is 3.00 bits per heavy atom. The summed E-state index contributed by atoms with van der Waals surface area (Å²) >= 11 is 0. The van der Waals surface area contributed by atoms with E-state index in [-0.39, 0.29) is 17.4 Å². The molecule has 4 rings (SSSR count). The highest BCUT2D eigenvalue weighted by molar-refractivity contribution is 5.87. The van der Waals surface area contributed by atoms with E-state index >= 15 is 0 Å². The maximum Gasteiger partial charge on any atom is 0.226 e. The zero-order chi connectivity index (χ0) is 15.9. The van der Waals surface area contributed by atoms with Crippen molar-refractivity contribution in [2.75, 3.05) is 6.61 Å². The highest BCUT2D eigenvalue weighted by Crippen LogP contribution is 2.57. The van der Waals surface area contributed by atoms with E-state index in [9.17, 15) is 4.79 Å². The first-order chi connectivity index (χ1) is 11.2. The predicted octanol–water partition coefficient (Wildman–Crippen LogP) is 2.57. The number of rotatable bonds is 5. The number of nitrogens with zero attached hydrogens (tertiary/aromatic N) is 1. The van der Waals surface area contributed by atoms with Crippen LogP contribution in [0.4, 0.5) is 0 Å². The Kier molecular flexibility index (Phi) is 3.60. The van der Waals surface area contributed by atoms with Crippen molar-refractivity contribution in [3.63, 3.8) is 0 Å². The Morgan fingerprint density at radius 2 is 2.26 bits per heavy atom. The second-order valence-electron chi connectivity index (χ2n) is 6.78. The van der Waals surface area contributed by atoms with E-state index in [1.54, 1.807) is 0 Å². The summed E-state index contributed by atoms with van der Waals surface area (Å²) in [5.41, 5.74) is 2.01. The average molecular weight is 313 g/mol. The number of fused-ring (bicyclic) bond motifs is 1. The van der Waals surface area contributed by atoms with Crippen molar-refractivity contribution in [2.45, 2.75) is 51.2 Å². The molecule has 1 amide bonds. The first-order valence-corrected chi connectivity index (χ1v) is 8.56. The van der Waals surface area contributed by atoms with Crippen LogP contribution in [-0.4, -0.2) is 34.9 Å². The van der Waals surface area contributed by atoms with Gasteiger partial charge in [0, 0.05) is 23.4 Å². The topological polar surface area (TPSA) is 67.0 Å². The number of para-hydroxylation sites is 1. The lowest BCUT2D eigenvalue weighted by atomic mass is 9.51. The van der Waals surface area contributed by atoms with Crippen molar-refractivity contribution in [2.24, 2.45) is 5.41 Å². The Bertz CT molecular complexity index is 720. The Balaban J connectivity index is 1.41. The van der Waals surface area contributed by atoms with Gasteiger partial charge >= 0.3 is 0 Å². The molecule has 0 unspecified atom stereocenters. The fourth-order valence-corrected chi connectivity index (χ4v) is 4.20. The third kappa shape index (κ3) is 2.34. The molecule has 1 spiro atoms. The molecule has 2 aliphatic rings. The molecule has 23 heavy (non-hydrogen) atoms. The third-order valence-corrected chi connectivity index (χ3v) is 5.65. The van der Waals surface area contributed by atoms with E-state index in [2.05, 4.69) is 15.5 Å². The predicted molar refractivity (Wildman–Crippen MR) is 88.0 cm³/mol. The van der Waals surface area contributed by atoms with E-state index in [1.165, 1.54) is 19.3 Å². The third-order valence-electron chi connectivity index (χ3n) is 5.65. The SMILES string of the molecule is CCO[C@H]1C[C@@H](NC(=O)Cc2[nH]nc3ccccc23)C12CCC2. The number of ether oxygens (including phenoxy) is 1. The number of H-pyrrole nitrogens is 1. The number of carbonyl (C=O) groups excluding carboxylic acids is 1. The van der Waals surface area contributed by atoms with Gasteiger partial charge in [-0.15, -0.1) is 0 Å². The summed E-state index contributed by atoms with van der Waals surface area (Å²) in [7, 11) is 0. The molecule has 2 atom stereocenters. The standard InChI is InChI=1S/C18H23N3O2/c1-2-23-16-11-15(18(16)8-5-9-18)19-17(22)10-14-12-6-3-4-7-13(12)20-21-14/h3-4,6-7,15-16H,2,5,8-11H2,1H3,(H,19,22)(H,20,21)/t15-,16+/m1/s1. The number of benzene rings is 1. The molecule has 0 bridgehead atoms. The van der Waals surface area contributed by atoms with Gasteiger partial charge in [-0.05, 0) is 32.3 Å². The summed E-state index contributed by atoms with van der Waals surface area (Å²) in [6.45, 7) is 2.80. The zero-order valence-electron chi connectivity index (χ0n) is 13.5. The van der Waals surface area contributed by atoms with Crippen molar-refractivity contribution < 1.29 is 9.53 Å². The molecular formula is C18H23N3O2. The van der Waals surface area contributed by atoms with Crippen LogP contribution in [0.3, 0.4) is 0 Å². The molecule has 2 fully saturated rings. The Hall–Kier alpha value is -1.88. The second-order valence-corrected chi connectivity index (χ2v) is 6.78. The van der Waals surface area contributed by atoms with Gasteiger partial charge in [-0.25, -0.2) is 0 Å². The molecule has 2 saturated carbocycles. The summed E-state index contributed by atoms with van der Waals surface area (Å²) < 4.78 is 5.84. The molecule has 2 N–H and O–H groups in total. The number of hydrogen-bond acceptors (Lipinski definition) is 3. The van der Waals surface area contributed by atoms with Crippen molar-refractivity contribution in [3.8, 4) is 0 Å². The number of aromatic nitrogens is 2. The van der Waals surface area contributed by atoms with E-state index in [0.717, 1.165) is 29.6 Å². The molecule has 1 aromatic heterocycles. The molecule has 0 radical (unpaired) electrons. The minimum Gasteiger partial charge on any atom is -0.378 e. The fraction of sp³-hybridized carbons (Fsp3) is 0.556. The van der Waals surface area contributed by atoms with Gasteiger partial charge < -0.3 is 10.1 Å². The van der Waals surface area contributed by atoms with Crippen molar-refractivity contribution in [1.29, 1.82) is 0 Å². The van der Waals surface area contributed by atoms with Crippen LogP contribution in [0.2, 0.25) is 0 Å². The minimum absolute atomic E-state index is 0.0747. The van der Waals surface area contributed by atoms with Crippen LogP contribution >= 0.6 is 0 Å². The largest absolute Gasteiger partial charge is 0.378 e. The summed E-state index contributed by atoms with van der Waals surface area (Å²) in [5, 5.41) is 11.5. The number of amides is 1. The molecule has 1 heterocycles. The first kappa shape index (κ1) is 14.7. The van der Waals surface area contributed by atoms with Crippen LogP contribution in [0.5, 0.6) is 0 Å². The molecule has 0 aliphatic heterocycles. The summed E-state index contributed by atoms with van der Waals surface area (Å²) in [6.07, 6.45) is 5.24. The highest BCUT2D eigenvalue weighted by Gasteiger charge is 2.59. The van der Waals surface area contributed by atoms with Crippen LogP contribution < -0.4 is 5.32 Å². The van der Waals surface area contributed by atoms with Crippen LogP contribution in [0.15, 0.2) is 24.3 Å². The zero-order valence-corrected chi connectivity index (χ0v) is 13.5. The number of nitrogens with one attached hydrogen (secondary N) is 2. The molecule has 2 aromatic rings. The molecule has 5 heteroatoms. The van der Waals surface area contributed by atoms with E-state index in [4.69, 9.17) is 4.74 Å². The lowest BCUT2D eigenvalue weighted by Gasteiger charge is -2.61. The molecule has 0 saturated heterocycles. The van der Waals surface area contributed by atoms with Gasteiger partial charge in [0.25, 0.3) is 0 Å². The van der Waals surface area contributed by atoms with Gasteiger partial charge in [0.15, 0.2) is 0 Å². The number of hydrogen-bond donors (Lipinski definition) is 2. The number of aromatic amines is 1. The summed E-state index contributed by atoms with van der Waals surface area (Å²) in [6, 6.07) is 8.16. The van der Waals surface area contributed by atoms with Crippen LogP contribution in [0.25, 0.3) is 10.9 Å². The van der Waals surface area contributed by atoms with Crippen molar-refractivity contribution >= 4 is 16.8 Å². The second kappa shape index (κ2) is 5.64. The van der Waals surface area contributed by atoms with E-state index < -0.39 is 0 Å². The Morgan fingerprint density at radius 1 is 1.43 bits per heavy atom. The van der Waals surface area contributed by atoms with E-state index in [1.807, 2.05) is 31.2 Å². The Labute approximate surface area is 135 Å². The molecule has 1 aromatic carbocycles.